The van der Waals surface area contributed by atoms with Crippen LogP contribution in [-0.4, -0.2) is 24.4 Å². The molecule has 16 heavy (non-hydrogen) atoms. The van der Waals surface area contributed by atoms with Crippen LogP contribution in [0.5, 0.6) is 5.75 Å². The van der Waals surface area contributed by atoms with Crippen molar-refractivity contribution in [2.75, 3.05) is 19.0 Å². The van der Waals surface area contributed by atoms with Crippen LogP contribution in [0.4, 0.5) is 5.69 Å². The Morgan fingerprint density at radius 2 is 1.88 bits per heavy atom. The lowest BCUT2D eigenvalue weighted by molar-refractivity contribution is -0.0266. The molecule has 1 aromatic rings. The third-order valence-corrected chi connectivity index (χ3v) is 2.92. The second kappa shape index (κ2) is 5.21. The van der Waals surface area contributed by atoms with E-state index in [0.717, 1.165) is 11.4 Å². The number of benzene rings is 1. The second-order valence-electron chi connectivity index (χ2n) is 4.57. The number of nitrogens with one attached hydrogen (secondary N) is 1. The molecule has 0 aliphatic heterocycles. The van der Waals surface area contributed by atoms with Crippen LogP contribution >= 0.6 is 0 Å². The molecule has 2 N–H and O–H groups in total. The summed E-state index contributed by atoms with van der Waals surface area (Å²) in [5, 5.41) is 13.1. The molecule has 0 saturated carbocycles. The molecule has 0 spiro atoms. The average molecular weight is 223 g/mol. The molecule has 3 heteroatoms. The number of rotatable bonds is 5. The van der Waals surface area contributed by atoms with Crippen LogP contribution in [-0.2, 0) is 0 Å². The van der Waals surface area contributed by atoms with Crippen molar-refractivity contribution in [1.82, 2.24) is 0 Å². The van der Waals surface area contributed by atoms with Crippen molar-refractivity contribution in [3.05, 3.63) is 24.3 Å². The van der Waals surface area contributed by atoms with E-state index in [-0.39, 0.29) is 5.92 Å². The van der Waals surface area contributed by atoms with Crippen molar-refractivity contribution in [3.63, 3.8) is 0 Å². The number of aliphatic hydroxyl groups is 1. The molecule has 1 unspecified atom stereocenters. The lowest BCUT2D eigenvalue weighted by atomic mass is 9.94. The summed E-state index contributed by atoms with van der Waals surface area (Å²) in [5.41, 5.74) is 0.254. The Hall–Kier alpha value is -1.22. The van der Waals surface area contributed by atoms with Gasteiger partial charge in [0.05, 0.1) is 5.60 Å². The van der Waals surface area contributed by atoms with E-state index in [0.29, 0.717) is 6.61 Å². The fourth-order valence-electron chi connectivity index (χ4n) is 1.11. The number of hydrogen-bond donors (Lipinski definition) is 2. The Morgan fingerprint density at radius 1 is 1.31 bits per heavy atom. The predicted molar refractivity (Wildman–Crippen MR) is 66.9 cm³/mol. The van der Waals surface area contributed by atoms with Crippen molar-refractivity contribution in [2.24, 2.45) is 5.92 Å². The summed E-state index contributed by atoms with van der Waals surface area (Å²) in [5.74, 6) is 0.948. The molecular formula is C13H21NO2. The van der Waals surface area contributed by atoms with Gasteiger partial charge in [0.15, 0.2) is 0 Å². The first kappa shape index (κ1) is 12.8. The van der Waals surface area contributed by atoms with E-state index in [1.165, 1.54) is 0 Å². The molecule has 0 amide bonds. The lowest BCUT2D eigenvalue weighted by Gasteiger charge is -2.27. The zero-order valence-electron chi connectivity index (χ0n) is 10.4. The Kier molecular flexibility index (Phi) is 4.19. The van der Waals surface area contributed by atoms with E-state index < -0.39 is 5.60 Å². The van der Waals surface area contributed by atoms with Gasteiger partial charge < -0.3 is 15.2 Å². The van der Waals surface area contributed by atoms with Gasteiger partial charge in [0.1, 0.15) is 12.4 Å². The molecule has 0 fully saturated rings. The third kappa shape index (κ3) is 3.42. The molecule has 0 aliphatic carbocycles. The Morgan fingerprint density at radius 3 is 2.31 bits per heavy atom. The Balaban J connectivity index is 2.54. The van der Waals surface area contributed by atoms with Gasteiger partial charge in [0.2, 0.25) is 0 Å². The van der Waals surface area contributed by atoms with Gasteiger partial charge in [-0.25, -0.2) is 0 Å². The normalized spacial score (nSPS) is 14.6. The maximum Gasteiger partial charge on any atom is 0.119 e. The zero-order chi connectivity index (χ0) is 12.2. The fourth-order valence-corrected chi connectivity index (χ4v) is 1.11. The highest BCUT2D eigenvalue weighted by atomic mass is 16.5. The molecule has 0 aliphatic rings. The molecule has 0 saturated heterocycles. The maximum atomic E-state index is 10.0. The molecule has 0 bridgehead atoms. The standard InChI is InChI=1S/C13H21NO2/c1-10(2)13(3,15)9-16-12-7-5-11(14-4)6-8-12/h5-8,10,14-15H,9H2,1-4H3. The Labute approximate surface area is 97.4 Å². The Bertz CT molecular complexity index is 317. The van der Waals surface area contributed by atoms with Gasteiger partial charge in [-0.2, -0.15) is 0 Å². The summed E-state index contributed by atoms with van der Waals surface area (Å²) in [4.78, 5) is 0. The van der Waals surface area contributed by atoms with Crippen LogP contribution < -0.4 is 10.1 Å². The third-order valence-electron chi connectivity index (χ3n) is 2.92. The van der Waals surface area contributed by atoms with Crippen molar-refractivity contribution >= 4 is 5.69 Å². The molecule has 1 aromatic carbocycles. The van der Waals surface area contributed by atoms with Crippen LogP contribution in [0.1, 0.15) is 20.8 Å². The number of hydrogen-bond acceptors (Lipinski definition) is 3. The quantitative estimate of drug-likeness (QED) is 0.806. The molecule has 0 radical (unpaired) electrons. The van der Waals surface area contributed by atoms with E-state index in [2.05, 4.69) is 5.32 Å². The van der Waals surface area contributed by atoms with E-state index in [9.17, 15) is 5.11 Å². The highest BCUT2D eigenvalue weighted by molar-refractivity contribution is 5.45. The van der Waals surface area contributed by atoms with E-state index >= 15 is 0 Å². The zero-order valence-corrected chi connectivity index (χ0v) is 10.4. The average Bonchev–Trinajstić information content (AvgIpc) is 2.27. The summed E-state index contributed by atoms with van der Waals surface area (Å²) in [7, 11) is 1.87. The minimum absolute atomic E-state index is 0.170. The first-order valence-corrected chi connectivity index (χ1v) is 5.58. The van der Waals surface area contributed by atoms with Crippen LogP contribution in [0.3, 0.4) is 0 Å². The van der Waals surface area contributed by atoms with E-state index in [4.69, 9.17) is 4.74 Å². The molecule has 0 aromatic heterocycles. The predicted octanol–water partition coefficient (Wildman–Crippen LogP) is 2.51. The van der Waals surface area contributed by atoms with E-state index in [1.807, 2.05) is 45.2 Å². The molecule has 1 atom stereocenters. The summed E-state index contributed by atoms with van der Waals surface area (Å²) < 4.78 is 5.55. The summed E-state index contributed by atoms with van der Waals surface area (Å²) in [6.45, 7) is 6.06. The van der Waals surface area contributed by atoms with Gasteiger partial charge in [-0.1, -0.05) is 13.8 Å². The van der Waals surface area contributed by atoms with Gasteiger partial charge in [-0.15, -0.1) is 0 Å². The minimum atomic E-state index is -0.790. The first-order valence-electron chi connectivity index (χ1n) is 5.58. The highest BCUT2D eigenvalue weighted by Crippen LogP contribution is 2.20. The van der Waals surface area contributed by atoms with Gasteiger partial charge in [0.25, 0.3) is 0 Å². The number of anilines is 1. The van der Waals surface area contributed by atoms with Crippen molar-refractivity contribution < 1.29 is 9.84 Å². The lowest BCUT2D eigenvalue weighted by Crippen LogP contribution is -2.37. The first-order chi connectivity index (χ1) is 7.45. The molecule has 0 heterocycles. The molecular weight excluding hydrogens is 202 g/mol. The molecule has 1 rings (SSSR count). The van der Waals surface area contributed by atoms with Gasteiger partial charge in [-0.05, 0) is 37.1 Å². The summed E-state index contributed by atoms with van der Waals surface area (Å²) in [6, 6.07) is 7.67. The number of ether oxygens (including phenoxy) is 1. The smallest absolute Gasteiger partial charge is 0.119 e. The van der Waals surface area contributed by atoms with Crippen molar-refractivity contribution in [3.8, 4) is 5.75 Å². The van der Waals surface area contributed by atoms with Crippen LogP contribution in [0.15, 0.2) is 24.3 Å². The molecule has 90 valence electrons. The van der Waals surface area contributed by atoms with Gasteiger partial charge in [-0.3, -0.25) is 0 Å². The van der Waals surface area contributed by atoms with Crippen LogP contribution in [0.2, 0.25) is 0 Å². The van der Waals surface area contributed by atoms with Crippen molar-refractivity contribution in [1.29, 1.82) is 0 Å². The van der Waals surface area contributed by atoms with Crippen LogP contribution in [0, 0.1) is 5.92 Å². The van der Waals surface area contributed by atoms with Crippen molar-refractivity contribution in [2.45, 2.75) is 26.4 Å². The monoisotopic (exact) mass is 223 g/mol. The summed E-state index contributed by atoms with van der Waals surface area (Å²) >= 11 is 0. The maximum absolute atomic E-state index is 10.0. The second-order valence-corrected chi connectivity index (χ2v) is 4.57. The fraction of sp³-hybridized carbons (Fsp3) is 0.538. The van der Waals surface area contributed by atoms with Gasteiger partial charge in [0, 0.05) is 12.7 Å². The van der Waals surface area contributed by atoms with Gasteiger partial charge >= 0.3 is 0 Å². The largest absolute Gasteiger partial charge is 0.491 e. The SMILES string of the molecule is CNc1ccc(OCC(C)(O)C(C)C)cc1. The van der Waals surface area contributed by atoms with E-state index in [1.54, 1.807) is 6.92 Å². The summed E-state index contributed by atoms with van der Waals surface area (Å²) in [6.07, 6.45) is 0. The molecule has 3 nitrogen and oxygen atoms in total. The van der Waals surface area contributed by atoms with Crippen LogP contribution in [0.25, 0.3) is 0 Å². The highest BCUT2D eigenvalue weighted by Gasteiger charge is 2.25. The minimum Gasteiger partial charge on any atom is -0.491 e. The topological polar surface area (TPSA) is 41.5 Å².